The lowest BCUT2D eigenvalue weighted by atomic mass is 10.1. The third kappa shape index (κ3) is 2.47. The smallest absolute Gasteiger partial charge is 0.293 e. The van der Waals surface area contributed by atoms with E-state index in [4.69, 9.17) is 13.7 Å². The molecule has 1 fully saturated rings. The van der Waals surface area contributed by atoms with Crippen molar-refractivity contribution >= 4 is 0 Å². The minimum Gasteiger partial charge on any atom is -0.454 e. The minimum atomic E-state index is 0.225. The summed E-state index contributed by atoms with van der Waals surface area (Å²) >= 11 is 0. The predicted octanol–water partition coefficient (Wildman–Crippen LogP) is 2.08. The lowest BCUT2D eigenvalue weighted by Gasteiger charge is -1.97. The van der Waals surface area contributed by atoms with E-state index in [2.05, 4.69) is 15.1 Å². The standard InChI is InChI=1S/C14H14N4O3/c1-2-12(20-11(1)7-18-5-4-15-9-18)14-16-13(17-21-14)10-3-6-19-8-10/h1-2,4-5,9-10H,3,6-8H2. The Balaban J connectivity index is 1.52. The van der Waals surface area contributed by atoms with E-state index < -0.39 is 0 Å². The maximum absolute atomic E-state index is 5.74. The highest BCUT2D eigenvalue weighted by Crippen LogP contribution is 2.26. The number of hydrogen-bond donors (Lipinski definition) is 0. The topological polar surface area (TPSA) is 79.1 Å². The summed E-state index contributed by atoms with van der Waals surface area (Å²) in [4.78, 5) is 8.40. The average Bonchev–Trinajstić information content (AvgIpc) is 3.28. The molecule has 1 saturated heterocycles. The van der Waals surface area contributed by atoms with Gasteiger partial charge in [0.2, 0.25) is 0 Å². The lowest BCUT2D eigenvalue weighted by Crippen LogP contribution is -1.99. The van der Waals surface area contributed by atoms with Crippen molar-refractivity contribution < 1.29 is 13.7 Å². The number of imidazole rings is 1. The molecule has 0 N–H and O–H groups in total. The van der Waals surface area contributed by atoms with Gasteiger partial charge in [0.1, 0.15) is 5.76 Å². The van der Waals surface area contributed by atoms with E-state index in [1.54, 1.807) is 12.5 Å². The van der Waals surface area contributed by atoms with E-state index in [-0.39, 0.29) is 5.92 Å². The van der Waals surface area contributed by atoms with Gasteiger partial charge in [-0.3, -0.25) is 0 Å². The third-order valence-electron chi connectivity index (χ3n) is 3.51. The molecule has 108 valence electrons. The SMILES string of the molecule is c1cn(Cc2ccc(-c3nc(C4CCOC4)no3)o2)cn1. The Labute approximate surface area is 120 Å². The molecule has 0 aliphatic carbocycles. The summed E-state index contributed by atoms with van der Waals surface area (Å²) in [7, 11) is 0. The highest BCUT2D eigenvalue weighted by atomic mass is 16.5. The van der Waals surface area contributed by atoms with Gasteiger partial charge in [0.05, 0.1) is 19.5 Å². The van der Waals surface area contributed by atoms with Crippen LogP contribution < -0.4 is 0 Å². The van der Waals surface area contributed by atoms with Crippen LogP contribution in [0.3, 0.4) is 0 Å². The normalized spacial score (nSPS) is 18.4. The van der Waals surface area contributed by atoms with Gasteiger partial charge in [0, 0.05) is 24.9 Å². The molecule has 0 radical (unpaired) electrons. The molecule has 0 amide bonds. The fourth-order valence-electron chi connectivity index (χ4n) is 2.38. The van der Waals surface area contributed by atoms with Crippen molar-refractivity contribution in [2.24, 2.45) is 0 Å². The molecule has 7 heteroatoms. The van der Waals surface area contributed by atoms with Crippen LogP contribution in [0, 0.1) is 0 Å². The van der Waals surface area contributed by atoms with Crippen LogP contribution in [0.1, 0.15) is 23.9 Å². The van der Waals surface area contributed by atoms with Crippen molar-refractivity contribution in [3.8, 4) is 11.7 Å². The second-order valence-electron chi connectivity index (χ2n) is 5.02. The van der Waals surface area contributed by atoms with Crippen molar-refractivity contribution in [2.45, 2.75) is 18.9 Å². The van der Waals surface area contributed by atoms with E-state index in [1.807, 2.05) is 22.9 Å². The zero-order chi connectivity index (χ0) is 14.1. The summed E-state index contributed by atoms with van der Waals surface area (Å²) in [5.41, 5.74) is 0. The van der Waals surface area contributed by atoms with Gasteiger partial charge in [0.15, 0.2) is 11.6 Å². The molecule has 0 spiro atoms. The molecule has 4 heterocycles. The van der Waals surface area contributed by atoms with Gasteiger partial charge >= 0.3 is 0 Å². The van der Waals surface area contributed by atoms with E-state index >= 15 is 0 Å². The van der Waals surface area contributed by atoms with Crippen LogP contribution in [0.25, 0.3) is 11.7 Å². The highest BCUT2D eigenvalue weighted by molar-refractivity contribution is 5.44. The summed E-state index contributed by atoms with van der Waals surface area (Å²) < 4.78 is 18.3. The quantitative estimate of drug-likeness (QED) is 0.730. The van der Waals surface area contributed by atoms with Gasteiger partial charge in [-0.05, 0) is 18.6 Å². The number of furan rings is 1. The van der Waals surface area contributed by atoms with Crippen LogP contribution in [0.4, 0.5) is 0 Å². The molecule has 0 saturated carbocycles. The Kier molecular flexibility index (Phi) is 3.04. The average molecular weight is 286 g/mol. The fourth-order valence-corrected chi connectivity index (χ4v) is 2.38. The van der Waals surface area contributed by atoms with Gasteiger partial charge < -0.3 is 18.2 Å². The Morgan fingerprint density at radius 2 is 2.33 bits per heavy atom. The molecule has 1 aliphatic rings. The molecule has 1 atom stereocenters. The molecule has 1 unspecified atom stereocenters. The highest BCUT2D eigenvalue weighted by Gasteiger charge is 2.24. The summed E-state index contributed by atoms with van der Waals surface area (Å²) in [5.74, 6) is 2.72. The van der Waals surface area contributed by atoms with E-state index in [9.17, 15) is 0 Å². The van der Waals surface area contributed by atoms with Crippen LogP contribution in [0.15, 0.2) is 39.8 Å². The molecule has 3 aromatic heterocycles. The largest absolute Gasteiger partial charge is 0.454 e. The molecule has 7 nitrogen and oxygen atoms in total. The third-order valence-corrected chi connectivity index (χ3v) is 3.51. The van der Waals surface area contributed by atoms with Gasteiger partial charge in [-0.15, -0.1) is 0 Å². The van der Waals surface area contributed by atoms with Crippen LogP contribution >= 0.6 is 0 Å². The predicted molar refractivity (Wildman–Crippen MR) is 71.5 cm³/mol. The van der Waals surface area contributed by atoms with Crippen LogP contribution in [-0.4, -0.2) is 32.9 Å². The number of aromatic nitrogens is 4. The lowest BCUT2D eigenvalue weighted by molar-refractivity contribution is 0.192. The molecular weight excluding hydrogens is 272 g/mol. The zero-order valence-electron chi connectivity index (χ0n) is 11.3. The maximum atomic E-state index is 5.74. The second kappa shape index (κ2) is 5.17. The second-order valence-corrected chi connectivity index (χ2v) is 5.02. The molecular formula is C14H14N4O3. The zero-order valence-corrected chi connectivity index (χ0v) is 11.3. The Hall–Kier alpha value is -2.41. The number of nitrogens with zero attached hydrogens (tertiary/aromatic N) is 4. The summed E-state index contributed by atoms with van der Waals surface area (Å²) in [5, 5.41) is 4.02. The monoisotopic (exact) mass is 286 g/mol. The van der Waals surface area contributed by atoms with Gasteiger partial charge in [-0.25, -0.2) is 4.98 Å². The number of rotatable bonds is 4. The van der Waals surface area contributed by atoms with Crippen molar-refractivity contribution in [3.63, 3.8) is 0 Å². The molecule has 0 bridgehead atoms. The van der Waals surface area contributed by atoms with E-state index in [0.29, 0.717) is 30.6 Å². The first-order chi connectivity index (χ1) is 10.4. The van der Waals surface area contributed by atoms with E-state index in [0.717, 1.165) is 18.8 Å². The van der Waals surface area contributed by atoms with Crippen LogP contribution in [-0.2, 0) is 11.3 Å². The Bertz CT molecular complexity index is 710. The summed E-state index contributed by atoms with van der Waals surface area (Å²) in [6.07, 6.45) is 6.29. The number of ether oxygens (including phenoxy) is 1. The first kappa shape index (κ1) is 12.3. The maximum Gasteiger partial charge on any atom is 0.293 e. The first-order valence-corrected chi connectivity index (χ1v) is 6.84. The van der Waals surface area contributed by atoms with Gasteiger partial charge in [-0.2, -0.15) is 4.98 Å². The Morgan fingerprint density at radius 1 is 1.33 bits per heavy atom. The van der Waals surface area contributed by atoms with Crippen molar-refractivity contribution in [1.82, 2.24) is 19.7 Å². The van der Waals surface area contributed by atoms with Crippen molar-refractivity contribution in [2.75, 3.05) is 13.2 Å². The number of hydrogen-bond acceptors (Lipinski definition) is 6. The van der Waals surface area contributed by atoms with Gasteiger partial charge in [0.25, 0.3) is 5.89 Å². The summed E-state index contributed by atoms with van der Waals surface area (Å²) in [6, 6.07) is 3.74. The molecule has 3 aromatic rings. The minimum absolute atomic E-state index is 0.225. The van der Waals surface area contributed by atoms with E-state index in [1.165, 1.54) is 0 Å². The summed E-state index contributed by atoms with van der Waals surface area (Å²) in [6.45, 7) is 2.03. The van der Waals surface area contributed by atoms with Gasteiger partial charge in [-0.1, -0.05) is 5.16 Å². The van der Waals surface area contributed by atoms with Crippen molar-refractivity contribution in [3.05, 3.63) is 42.4 Å². The van der Waals surface area contributed by atoms with Crippen LogP contribution in [0.2, 0.25) is 0 Å². The Morgan fingerprint density at radius 3 is 3.14 bits per heavy atom. The van der Waals surface area contributed by atoms with Crippen molar-refractivity contribution in [1.29, 1.82) is 0 Å². The first-order valence-electron chi connectivity index (χ1n) is 6.84. The molecule has 1 aliphatic heterocycles. The molecule has 21 heavy (non-hydrogen) atoms. The molecule has 0 aromatic carbocycles. The molecule has 4 rings (SSSR count). The fraction of sp³-hybridized carbons (Fsp3) is 0.357. The van der Waals surface area contributed by atoms with Crippen LogP contribution in [0.5, 0.6) is 0 Å².